The molecule has 0 fully saturated rings. The molecule has 0 spiro atoms. The van der Waals surface area contributed by atoms with Gasteiger partial charge in [-0.15, -0.1) is 0 Å². The topological polar surface area (TPSA) is 64.6 Å². The van der Waals surface area contributed by atoms with E-state index in [1.807, 2.05) is 48.5 Å². The largest absolute Gasteiger partial charge is 0.496 e. The summed E-state index contributed by atoms with van der Waals surface area (Å²) in [6, 6.07) is 19.2. The summed E-state index contributed by atoms with van der Waals surface area (Å²) in [6.07, 6.45) is 0.296. The van der Waals surface area contributed by atoms with Gasteiger partial charge in [0.2, 0.25) is 5.91 Å². The van der Waals surface area contributed by atoms with E-state index in [2.05, 4.69) is 5.32 Å². The van der Waals surface area contributed by atoms with E-state index < -0.39 is 5.97 Å². The van der Waals surface area contributed by atoms with Gasteiger partial charge in [0.1, 0.15) is 11.3 Å². The fourth-order valence-corrected chi connectivity index (χ4v) is 2.93. The third kappa shape index (κ3) is 4.44. The van der Waals surface area contributed by atoms with Crippen molar-refractivity contribution in [2.24, 2.45) is 0 Å². The van der Waals surface area contributed by atoms with E-state index >= 15 is 0 Å². The van der Waals surface area contributed by atoms with Gasteiger partial charge in [-0.25, -0.2) is 4.79 Å². The molecule has 3 aromatic rings. The number of carbonyl (C=O) groups is 2. The summed E-state index contributed by atoms with van der Waals surface area (Å²) in [5.41, 5.74) is 2.08. The minimum absolute atomic E-state index is 0.0827. The van der Waals surface area contributed by atoms with Crippen molar-refractivity contribution in [2.75, 3.05) is 14.2 Å². The second-order valence-electron chi connectivity index (χ2n) is 6.16. The van der Waals surface area contributed by atoms with Crippen LogP contribution in [0.3, 0.4) is 0 Å². The van der Waals surface area contributed by atoms with Crippen LogP contribution in [-0.2, 0) is 22.5 Å². The first-order valence-electron chi connectivity index (χ1n) is 8.60. The van der Waals surface area contributed by atoms with Gasteiger partial charge in [-0.05, 0) is 34.0 Å². The van der Waals surface area contributed by atoms with Crippen LogP contribution < -0.4 is 10.1 Å². The average molecular weight is 363 g/mol. The summed E-state index contributed by atoms with van der Waals surface area (Å²) in [6.45, 7) is 0.320. The third-order valence-electron chi connectivity index (χ3n) is 4.34. The highest BCUT2D eigenvalue weighted by Gasteiger charge is 2.14. The van der Waals surface area contributed by atoms with E-state index in [-0.39, 0.29) is 5.91 Å². The lowest BCUT2D eigenvalue weighted by Gasteiger charge is -2.10. The Morgan fingerprint density at radius 3 is 2.37 bits per heavy atom. The van der Waals surface area contributed by atoms with Gasteiger partial charge in [-0.3, -0.25) is 4.79 Å². The summed E-state index contributed by atoms with van der Waals surface area (Å²) < 4.78 is 9.94. The maximum atomic E-state index is 12.3. The van der Waals surface area contributed by atoms with Crippen molar-refractivity contribution < 1.29 is 19.1 Å². The lowest BCUT2D eigenvalue weighted by molar-refractivity contribution is -0.120. The van der Waals surface area contributed by atoms with E-state index in [9.17, 15) is 9.59 Å². The Kier molecular flexibility index (Phi) is 5.71. The molecule has 0 atom stereocenters. The Balaban J connectivity index is 1.65. The minimum atomic E-state index is -0.476. The van der Waals surface area contributed by atoms with Gasteiger partial charge in [-0.2, -0.15) is 0 Å². The molecule has 0 saturated carbocycles. The number of benzene rings is 3. The monoisotopic (exact) mass is 363 g/mol. The Morgan fingerprint density at radius 1 is 0.889 bits per heavy atom. The lowest BCUT2D eigenvalue weighted by Crippen LogP contribution is -2.24. The van der Waals surface area contributed by atoms with Crippen LogP contribution in [0.15, 0.2) is 60.7 Å². The third-order valence-corrected chi connectivity index (χ3v) is 4.34. The highest BCUT2D eigenvalue weighted by Crippen LogP contribution is 2.21. The van der Waals surface area contributed by atoms with Crippen LogP contribution in [0.2, 0.25) is 0 Å². The standard InChI is InChI=1S/C22H21NO4/c1-26-20-10-8-16(12-19(20)22(25)27-2)14-23-21(24)13-15-7-9-17-5-3-4-6-18(17)11-15/h3-12H,13-14H2,1-2H3,(H,23,24). The molecule has 1 N–H and O–H groups in total. The average Bonchev–Trinajstić information content (AvgIpc) is 2.71. The van der Waals surface area contributed by atoms with Crippen LogP contribution in [-0.4, -0.2) is 26.1 Å². The molecule has 138 valence electrons. The minimum Gasteiger partial charge on any atom is -0.496 e. The second kappa shape index (κ2) is 8.36. The quantitative estimate of drug-likeness (QED) is 0.681. The second-order valence-corrected chi connectivity index (χ2v) is 6.16. The molecule has 0 radical (unpaired) electrons. The summed E-state index contributed by atoms with van der Waals surface area (Å²) >= 11 is 0. The van der Waals surface area contributed by atoms with Gasteiger partial charge in [-0.1, -0.05) is 48.5 Å². The molecule has 0 bridgehead atoms. The van der Waals surface area contributed by atoms with Crippen LogP contribution in [0.25, 0.3) is 10.8 Å². The van der Waals surface area contributed by atoms with Gasteiger partial charge < -0.3 is 14.8 Å². The van der Waals surface area contributed by atoms with E-state index in [1.54, 1.807) is 12.1 Å². The van der Waals surface area contributed by atoms with Crippen molar-refractivity contribution in [3.63, 3.8) is 0 Å². The lowest BCUT2D eigenvalue weighted by atomic mass is 10.0. The van der Waals surface area contributed by atoms with Crippen LogP contribution in [0, 0.1) is 0 Å². The molecule has 5 nitrogen and oxygen atoms in total. The first-order chi connectivity index (χ1) is 13.1. The molecular formula is C22H21NO4. The number of hydrogen-bond acceptors (Lipinski definition) is 4. The fraction of sp³-hybridized carbons (Fsp3) is 0.182. The van der Waals surface area contributed by atoms with Gasteiger partial charge in [0.05, 0.1) is 20.6 Å². The van der Waals surface area contributed by atoms with Gasteiger partial charge in [0.25, 0.3) is 0 Å². The maximum Gasteiger partial charge on any atom is 0.341 e. The number of amides is 1. The van der Waals surface area contributed by atoms with Crippen molar-refractivity contribution in [3.8, 4) is 5.75 Å². The van der Waals surface area contributed by atoms with Crippen LogP contribution in [0.1, 0.15) is 21.5 Å². The summed E-state index contributed by atoms with van der Waals surface area (Å²) in [5.74, 6) is -0.120. The number of methoxy groups -OCH3 is 2. The smallest absolute Gasteiger partial charge is 0.341 e. The van der Waals surface area contributed by atoms with Gasteiger partial charge in [0, 0.05) is 6.54 Å². The Morgan fingerprint density at radius 2 is 1.63 bits per heavy atom. The molecule has 3 rings (SSSR count). The Hall–Kier alpha value is -3.34. The van der Waals surface area contributed by atoms with E-state index in [0.717, 1.165) is 21.9 Å². The molecule has 0 aliphatic heterocycles. The summed E-state index contributed by atoms with van der Waals surface area (Å²) in [7, 11) is 2.81. The molecule has 0 heterocycles. The zero-order chi connectivity index (χ0) is 19.2. The molecule has 0 aliphatic rings. The maximum absolute atomic E-state index is 12.3. The number of carbonyl (C=O) groups excluding carboxylic acids is 2. The molecule has 1 amide bonds. The fourth-order valence-electron chi connectivity index (χ4n) is 2.93. The predicted molar refractivity (Wildman–Crippen MR) is 104 cm³/mol. The van der Waals surface area contributed by atoms with Gasteiger partial charge in [0.15, 0.2) is 0 Å². The summed E-state index contributed by atoms with van der Waals surface area (Å²) in [4.78, 5) is 24.1. The van der Waals surface area contributed by atoms with Crippen molar-refractivity contribution in [2.45, 2.75) is 13.0 Å². The SMILES string of the molecule is COC(=O)c1cc(CNC(=O)Cc2ccc3ccccc3c2)ccc1OC. The van der Waals surface area contributed by atoms with Crippen molar-refractivity contribution in [3.05, 3.63) is 77.4 Å². The molecule has 0 saturated heterocycles. The highest BCUT2D eigenvalue weighted by molar-refractivity contribution is 5.92. The normalized spacial score (nSPS) is 10.4. The van der Waals surface area contributed by atoms with E-state index in [1.165, 1.54) is 14.2 Å². The van der Waals surface area contributed by atoms with Gasteiger partial charge >= 0.3 is 5.97 Å². The van der Waals surface area contributed by atoms with Crippen LogP contribution >= 0.6 is 0 Å². The molecule has 3 aromatic carbocycles. The number of hydrogen-bond donors (Lipinski definition) is 1. The van der Waals surface area contributed by atoms with E-state index in [0.29, 0.717) is 24.3 Å². The van der Waals surface area contributed by atoms with Crippen molar-refractivity contribution >= 4 is 22.6 Å². The molecule has 0 aliphatic carbocycles. The van der Waals surface area contributed by atoms with Crippen LogP contribution in [0.4, 0.5) is 0 Å². The molecule has 5 heteroatoms. The molecule has 27 heavy (non-hydrogen) atoms. The van der Waals surface area contributed by atoms with E-state index in [4.69, 9.17) is 9.47 Å². The number of esters is 1. The first-order valence-corrected chi connectivity index (χ1v) is 8.60. The first kappa shape index (κ1) is 18.5. The highest BCUT2D eigenvalue weighted by atomic mass is 16.5. The van der Waals surface area contributed by atoms with Crippen molar-refractivity contribution in [1.82, 2.24) is 5.32 Å². The Labute approximate surface area is 157 Å². The van der Waals surface area contributed by atoms with Crippen LogP contribution in [0.5, 0.6) is 5.75 Å². The Bertz CT molecular complexity index is 981. The molecular weight excluding hydrogens is 342 g/mol. The number of rotatable bonds is 6. The number of fused-ring (bicyclic) bond motifs is 1. The zero-order valence-corrected chi connectivity index (χ0v) is 15.3. The zero-order valence-electron chi connectivity index (χ0n) is 15.3. The molecule has 0 aromatic heterocycles. The number of ether oxygens (including phenoxy) is 2. The van der Waals surface area contributed by atoms with Crippen molar-refractivity contribution in [1.29, 1.82) is 0 Å². The molecule has 0 unspecified atom stereocenters. The number of nitrogens with one attached hydrogen (secondary N) is 1. The predicted octanol–water partition coefficient (Wildman–Crippen LogP) is 3.49. The summed E-state index contributed by atoms with van der Waals surface area (Å²) in [5, 5.41) is 5.15.